The number of primary amides is 1. The second-order valence-electron chi connectivity index (χ2n) is 7.13. The van der Waals surface area contributed by atoms with Crippen LogP contribution in [0.3, 0.4) is 0 Å². The number of amides is 4. The summed E-state index contributed by atoms with van der Waals surface area (Å²) >= 11 is 0. The number of piperidine rings is 1. The Morgan fingerprint density at radius 2 is 1.87 bits per heavy atom. The fourth-order valence-electron chi connectivity index (χ4n) is 3.58. The highest BCUT2D eigenvalue weighted by Crippen LogP contribution is 2.31. The van der Waals surface area contributed by atoms with E-state index >= 15 is 0 Å². The summed E-state index contributed by atoms with van der Waals surface area (Å²) in [6.45, 7) is 1.77. The first-order valence-corrected chi connectivity index (χ1v) is 9.54. The highest BCUT2D eigenvalue weighted by molar-refractivity contribution is 6.39. The van der Waals surface area contributed by atoms with Crippen molar-refractivity contribution in [2.75, 3.05) is 11.9 Å². The molecule has 0 radical (unpaired) electrons. The molecule has 0 aliphatic carbocycles. The first kappa shape index (κ1) is 21.0. The van der Waals surface area contributed by atoms with Crippen LogP contribution in [0.2, 0.25) is 0 Å². The van der Waals surface area contributed by atoms with Gasteiger partial charge in [0.1, 0.15) is 0 Å². The first-order valence-electron chi connectivity index (χ1n) is 9.54. The molecule has 156 valence electrons. The van der Waals surface area contributed by atoms with Crippen LogP contribution in [0.25, 0.3) is 0 Å². The molecule has 3 rings (SSSR count). The molecule has 2 heterocycles. The van der Waals surface area contributed by atoms with Crippen LogP contribution < -0.4 is 16.4 Å². The molecule has 1 saturated heterocycles. The van der Waals surface area contributed by atoms with Crippen molar-refractivity contribution in [2.24, 2.45) is 5.73 Å². The van der Waals surface area contributed by atoms with Crippen LogP contribution in [-0.4, -0.2) is 46.1 Å². The Bertz CT molecular complexity index is 963. The summed E-state index contributed by atoms with van der Waals surface area (Å²) < 4.78 is 0. The molecular formula is C21H23N5O4. The number of nitrogens with one attached hydrogen (secondary N) is 2. The summed E-state index contributed by atoms with van der Waals surface area (Å²) in [5, 5.41) is 5.38. The molecule has 9 heteroatoms. The van der Waals surface area contributed by atoms with Gasteiger partial charge < -0.3 is 21.3 Å². The van der Waals surface area contributed by atoms with E-state index in [1.165, 1.54) is 30.3 Å². The van der Waals surface area contributed by atoms with Gasteiger partial charge in [0, 0.05) is 25.7 Å². The number of nitrogens with zero attached hydrogens (tertiary/aromatic N) is 2. The maximum absolute atomic E-state index is 12.9. The predicted octanol–water partition coefficient (Wildman–Crippen LogP) is 0.987. The van der Waals surface area contributed by atoms with E-state index < -0.39 is 17.7 Å². The van der Waals surface area contributed by atoms with Gasteiger partial charge in [0.05, 0.1) is 23.5 Å². The molecule has 0 unspecified atom stereocenters. The van der Waals surface area contributed by atoms with E-state index in [4.69, 9.17) is 5.73 Å². The smallest absolute Gasteiger partial charge is 0.313 e. The number of nitrogens with two attached hydrogens (primary N) is 1. The molecule has 9 nitrogen and oxygen atoms in total. The van der Waals surface area contributed by atoms with Gasteiger partial charge in [-0.15, -0.1) is 0 Å². The average molecular weight is 409 g/mol. The maximum Gasteiger partial charge on any atom is 0.313 e. The lowest BCUT2D eigenvalue weighted by Crippen LogP contribution is -2.50. The molecule has 1 fully saturated rings. The van der Waals surface area contributed by atoms with E-state index in [1.54, 1.807) is 0 Å². The Labute approximate surface area is 173 Å². The van der Waals surface area contributed by atoms with E-state index in [-0.39, 0.29) is 29.2 Å². The highest BCUT2D eigenvalue weighted by atomic mass is 16.2. The maximum atomic E-state index is 12.9. The fraction of sp³-hybridized carbons (Fsp3) is 0.286. The summed E-state index contributed by atoms with van der Waals surface area (Å²) in [4.78, 5) is 53.7. The third kappa shape index (κ3) is 4.99. The summed E-state index contributed by atoms with van der Waals surface area (Å²) in [5.41, 5.74) is 6.43. The topological polar surface area (TPSA) is 134 Å². The molecule has 0 bridgehead atoms. The zero-order valence-corrected chi connectivity index (χ0v) is 16.5. The largest absolute Gasteiger partial charge is 0.366 e. The Hall–Kier alpha value is -3.75. The van der Waals surface area contributed by atoms with E-state index in [0.717, 1.165) is 5.56 Å². The number of hydrogen-bond donors (Lipinski definition) is 3. The summed E-state index contributed by atoms with van der Waals surface area (Å²) in [6, 6.07) is 10.3. The minimum absolute atomic E-state index is 0.0868. The van der Waals surface area contributed by atoms with Gasteiger partial charge in [0.15, 0.2) is 0 Å². The lowest BCUT2D eigenvalue weighted by atomic mass is 9.91. The minimum atomic E-state index is -0.836. The van der Waals surface area contributed by atoms with Crippen LogP contribution in [0.1, 0.15) is 41.7 Å². The van der Waals surface area contributed by atoms with Crippen LogP contribution in [0.4, 0.5) is 5.69 Å². The van der Waals surface area contributed by atoms with Crippen molar-refractivity contribution >= 4 is 29.3 Å². The highest BCUT2D eigenvalue weighted by Gasteiger charge is 2.35. The lowest BCUT2D eigenvalue weighted by molar-refractivity contribution is -0.146. The van der Waals surface area contributed by atoms with Gasteiger partial charge in [-0.05, 0) is 24.5 Å². The van der Waals surface area contributed by atoms with Crippen molar-refractivity contribution in [3.63, 3.8) is 0 Å². The van der Waals surface area contributed by atoms with Gasteiger partial charge >= 0.3 is 11.8 Å². The van der Waals surface area contributed by atoms with Crippen molar-refractivity contribution in [2.45, 2.75) is 31.8 Å². The second kappa shape index (κ2) is 9.17. The normalized spacial score (nSPS) is 18.4. The standard InChI is InChI=1S/C21H23N5O4/c1-13(27)24-16-7-8-26(18(10-16)14-5-3-2-4-6-14)21(30)20(29)25-17-9-15(19(22)28)11-23-12-17/h2-6,9,11-12,16,18H,7-8,10H2,1H3,(H2,22,28)(H,24,27)(H,25,29)/t16-,18+/m1/s1. The van der Waals surface area contributed by atoms with Crippen LogP contribution in [0, 0.1) is 0 Å². The van der Waals surface area contributed by atoms with Gasteiger partial charge in [-0.25, -0.2) is 0 Å². The lowest BCUT2D eigenvalue weighted by Gasteiger charge is -2.39. The molecule has 2 aromatic rings. The van der Waals surface area contributed by atoms with Crippen LogP contribution in [-0.2, 0) is 14.4 Å². The molecule has 4 amide bonds. The number of likely N-dealkylation sites (tertiary alicyclic amines) is 1. The number of rotatable bonds is 4. The zero-order chi connectivity index (χ0) is 21.7. The Kier molecular flexibility index (Phi) is 6.41. The van der Waals surface area contributed by atoms with E-state index in [0.29, 0.717) is 19.4 Å². The minimum Gasteiger partial charge on any atom is -0.366 e. The molecule has 0 saturated carbocycles. The van der Waals surface area contributed by atoms with E-state index in [1.807, 2.05) is 30.3 Å². The van der Waals surface area contributed by atoms with Crippen molar-refractivity contribution in [3.8, 4) is 0 Å². The molecule has 1 aliphatic heterocycles. The molecule has 2 atom stereocenters. The van der Waals surface area contributed by atoms with Gasteiger partial charge in [-0.2, -0.15) is 0 Å². The Morgan fingerprint density at radius 3 is 2.53 bits per heavy atom. The second-order valence-corrected chi connectivity index (χ2v) is 7.13. The Morgan fingerprint density at radius 1 is 1.13 bits per heavy atom. The average Bonchev–Trinajstić information content (AvgIpc) is 2.73. The van der Waals surface area contributed by atoms with Crippen molar-refractivity contribution in [1.82, 2.24) is 15.2 Å². The molecule has 4 N–H and O–H groups in total. The third-order valence-corrected chi connectivity index (χ3v) is 4.93. The van der Waals surface area contributed by atoms with Crippen molar-refractivity contribution in [1.29, 1.82) is 0 Å². The zero-order valence-electron chi connectivity index (χ0n) is 16.5. The number of pyridine rings is 1. The van der Waals surface area contributed by atoms with Crippen molar-refractivity contribution in [3.05, 3.63) is 59.9 Å². The van der Waals surface area contributed by atoms with Gasteiger partial charge in [-0.1, -0.05) is 30.3 Å². The van der Waals surface area contributed by atoms with Gasteiger partial charge in [0.2, 0.25) is 11.8 Å². The molecule has 1 aromatic carbocycles. The Balaban J connectivity index is 1.78. The summed E-state index contributed by atoms with van der Waals surface area (Å²) in [7, 11) is 0. The predicted molar refractivity (Wildman–Crippen MR) is 109 cm³/mol. The number of carbonyl (C=O) groups excluding carboxylic acids is 4. The van der Waals surface area contributed by atoms with Gasteiger partial charge in [0.25, 0.3) is 0 Å². The summed E-state index contributed by atoms with van der Waals surface area (Å²) in [6.07, 6.45) is 3.65. The first-order chi connectivity index (χ1) is 14.3. The number of carbonyl (C=O) groups is 4. The third-order valence-electron chi connectivity index (χ3n) is 4.93. The summed E-state index contributed by atoms with van der Waals surface area (Å²) in [5.74, 6) is -2.35. The number of benzene rings is 1. The van der Waals surface area contributed by atoms with E-state index in [2.05, 4.69) is 15.6 Å². The molecule has 30 heavy (non-hydrogen) atoms. The molecule has 1 aromatic heterocycles. The van der Waals surface area contributed by atoms with Crippen LogP contribution in [0.15, 0.2) is 48.8 Å². The van der Waals surface area contributed by atoms with Crippen LogP contribution >= 0.6 is 0 Å². The molecular weight excluding hydrogens is 386 g/mol. The quantitative estimate of drug-likeness (QED) is 0.647. The SMILES string of the molecule is CC(=O)N[C@@H]1CCN(C(=O)C(=O)Nc2cncc(C(N)=O)c2)[C@H](c2ccccc2)C1. The van der Waals surface area contributed by atoms with Crippen molar-refractivity contribution < 1.29 is 19.2 Å². The van der Waals surface area contributed by atoms with E-state index in [9.17, 15) is 19.2 Å². The number of aromatic nitrogens is 1. The number of anilines is 1. The molecule has 0 spiro atoms. The number of hydrogen-bond acceptors (Lipinski definition) is 5. The fourth-order valence-corrected chi connectivity index (χ4v) is 3.58. The monoisotopic (exact) mass is 409 g/mol. The molecule has 1 aliphatic rings. The van der Waals surface area contributed by atoms with Gasteiger partial charge in [-0.3, -0.25) is 24.2 Å². The van der Waals surface area contributed by atoms with Crippen LogP contribution in [0.5, 0.6) is 0 Å².